The fourth-order valence-corrected chi connectivity index (χ4v) is 2.52. The fraction of sp³-hybridized carbons (Fsp3) is 0.438. The minimum atomic E-state index is -0.436. The molecule has 1 atom stereocenters. The van der Waals surface area contributed by atoms with E-state index in [0.717, 1.165) is 19.4 Å². The second kappa shape index (κ2) is 7.32. The molecule has 1 unspecified atom stereocenters. The van der Waals surface area contributed by atoms with Crippen molar-refractivity contribution in [2.24, 2.45) is 0 Å². The van der Waals surface area contributed by atoms with Gasteiger partial charge in [-0.3, -0.25) is 0 Å². The van der Waals surface area contributed by atoms with Gasteiger partial charge in [0.1, 0.15) is 0 Å². The summed E-state index contributed by atoms with van der Waals surface area (Å²) in [4.78, 5) is 4.38. The third-order valence-electron chi connectivity index (χ3n) is 3.77. The normalized spacial score (nSPS) is 17.7. The van der Waals surface area contributed by atoms with Crippen LogP contribution in [0.5, 0.6) is 5.75 Å². The first-order valence-corrected chi connectivity index (χ1v) is 7.65. The predicted molar refractivity (Wildman–Crippen MR) is 83.9 cm³/mol. The summed E-state index contributed by atoms with van der Waals surface area (Å²) in [6.45, 7) is 1.44. The summed E-state index contributed by atoms with van der Waals surface area (Å²) in [5.74, 6) is 0.171. The van der Waals surface area contributed by atoms with Gasteiger partial charge in [0.25, 0.3) is 0 Å². The summed E-state index contributed by atoms with van der Waals surface area (Å²) in [6, 6.07) is 4.67. The molecule has 23 heavy (non-hydrogen) atoms. The standard InChI is InChI=1S/C16H19FN4O2/c1-22-15-6-5-11(8-13(15)17)14-10-19-21-16(20-14)18-9-12-4-2-3-7-23-12/h5-6,8,10,12H,2-4,7,9H2,1H3,(H,18,20,21). The Bertz CT molecular complexity index is 662. The molecule has 1 aromatic carbocycles. The zero-order chi connectivity index (χ0) is 16.1. The minimum Gasteiger partial charge on any atom is -0.494 e. The van der Waals surface area contributed by atoms with E-state index in [4.69, 9.17) is 9.47 Å². The molecule has 3 rings (SSSR count). The van der Waals surface area contributed by atoms with E-state index < -0.39 is 5.82 Å². The van der Waals surface area contributed by atoms with Crippen LogP contribution in [-0.2, 0) is 4.74 Å². The lowest BCUT2D eigenvalue weighted by atomic mass is 10.1. The molecule has 0 radical (unpaired) electrons. The smallest absolute Gasteiger partial charge is 0.243 e. The Balaban J connectivity index is 1.70. The number of ether oxygens (including phenoxy) is 2. The number of nitrogens with zero attached hydrogens (tertiary/aromatic N) is 3. The average Bonchev–Trinajstić information content (AvgIpc) is 2.61. The van der Waals surface area contributed by atoms with Gasteiger partial charge < -0.3 is 14.8 Å². The van der Waals surface area contributed by atoms with Crippen LogP contribution in [-0.4, -0.2) is 41.5 Å². The highest BCUT2D eigenvalue weighted by Gasteiger charge is 2.14. The molecule has 0 saturated carbocycles. The number of rotatable bonds is 5. The van der Waals surface area contributed by atoms with Gasteiger partial charge in [0.05, 0.1) is 25.1 Å². The van der Waals surface area contributed by atoms with Crippen LogP contribution >= 0.6 is 0 Å². The van der Waals surface area contributed by atoms with Gasteiger partial charge in [0.15, 0.2) is 11.6 Å². The summed E-state index contributed by atoms with van der Waals surface area (Å²) in [5, 5.41) is 11.0. The van der Waals surface area contributed by atoms with Gasteiger partial charge in [-0.25, -0.2) is 9.37 Å². The first-order chi connectivity index (χ1) is 11.3. The Labute approximate surface area is 134 Å². The van der Waals surface area contributed by atoms with E-state index in [1.165, 1.54) is 25.8 Å². The van der Waals surface area contributed by atoms with Crippen LogP contribution in [0, 0.1) is 5.82 Å². The summed E-state index contributed by atoms with van der Waals surface area (Å²) < 4.78 is 24.4. The second-order valence-electron chi connectivity index (χ2n) is 5.38. The fourth-order valence-electron chi connectivity index (χ4n) is 2.52. The maximum Gasteiger partial charge on any atom is 0.243 e. The van der Waals surface area contributed by atoms with Crippen LogP contribution in [0.1, 0.15) is 19.3 Å². The molecule has 7 heteroatoms. The predicted octanol–water partition coefficient (Wildman–Crippen LogP) is 2.67. The highest BCUT2D eigenvalue weighted by molar-refractivity contribution is 5.60. The Kier molecular flexibility index (Phi) is 4.97. The number of nitrogens with one attached hydrogen (secondary N) is 1. The van der Waals surface area contributed by atoms with Crippen LogP contribution in [0.2, 0.25) is 0 Å². The van der Waals surface area contributed by atoms with Crippen LogP contribution < -0.4 is 10.1 Å². The summed E-state index contributed by atoms with van der Waals surface area (Å²) in [6.07, 6.45) is 5.01. The summed E-state index contributed by atoms with van der Waals surface area (Å²) in [7, 11) is 1.43. The van der Waals surface area contributed by atoms with Crippen molar-refractivity contribution in [1.82, 2.24) is 15.2 Å². The quantitative estimate of drug-likeness (QED) is 0.914. The van der Waals surface area contributed by atoms with Crippen molar-refractivity contribution in [3.63, 3.8) is 0 Å². The number of aromatic nitrogens is 3. The molecule has 2 aromatic rings. The van der Waals surface area contributed by atoms with Crippen molar-refractivity contribution in [3.8, 4) is 17.0 Å². The maximum atomic E-state index is 13.8. The maximum absolute atomic E-state index is 13.8. The molecule has 2 heterocycles. The summed E-state index contributed by atoms with van der Waals surface area (Å²) >= 11 is 0. The van der Waals surface area contributed by atoms with E-state index in [0.29, 0.717) is 23.8 Å². The van der Waals surface area contributed by atoms with E-state index >= 15 is 0 Å². The van der Waals surface area contributed by atoms with Gasteiger partial charge in [-0.05, 0) is 37.5 Å². The van der Waals surface area contributed by atoms with Crippen molar-refractivity contribution in [2.45, 2.75) is 25.4 Å². The lowest BCUT2D eigenvalue weighted by Gasteiger charge is -2.22. The highest BCUT2D eigenvalue weighted by atomic mass is 19.1. The first kappa shape index (κ1) is 15.6. The number of anilines is 1. The molecular weight excluding hydrogens is 299 g/mol. The van der Waals surface area contributed by atoms with Crippen molar-refractivity contribution < 1.29 is 13.9 Å². The Morgan fingerprint density at radius 2 is 2.30 bits per heavy atom. The van der Waals surface area contributed by atoms with Gasteiger partial charge in [0, 0.05) is 18.7 Å². The third kappa shape index (κ3) is 3.92. The minimum absolute atomic E-state index is 0.175. The zero-order valence-electron chi connectivity index (χ0n) is 13.0. The molecule has 0 amide bonds. The topological polar surface area (TPSA) is 69.2 Å². The van der Waals surface area contributed by atoms with Crippen molar-refractivity contribution in [1.29, 1.82) is 0 Å². The molecule has 1 aliphatic heterocycles. The van der Waals surface area contributed by atoms with E-state index in [-0.39, 0.29) is 11.9 Å². The molecule has 122 valence electrons. The van der Waals surface area contributed by atoms with E-state index in [1.54, 1.807) is 12.1 Å². The molecule has 1 fully saturated rings. The first-order valence-electron chi connectivity index (χ1n) is 7.65. The van der Waals surface area contributed by atoms with Crippen molar-refractivity contribution in [3.05, 3.63) is 30.2 Å². The lowest BCUT2D eigenvalue weighted by molar-refractivity contribution is 0.0246. The SMILES string of the molecule is COc1ccc(-c2cnnc(NCC3CCCCO3)n2)cc1F. The summed E-state index contributed by atoms with van der Waals surface area (Å²) in [5.41, 5.74) is 1.17. The Morgan fingerprint density at radius 1 is 1.39 bits per heavy atom. The van der Waals surface area contributed by atoms with Crippen LogP contribution in [0.25, 0.3) is 11.3 Å². The Hall–Kier alpha value is -2.28. The number of halogens is 1. The highest BCUT2D eigenvalue weighted by Crippen LogP contribution is 2.24. The largest absolute Gasteiger partial charge is 0.494 e. The zero-order valence-corrected chi connectivity index (χ0v) is 13.0. The monoisotopic (exact) mass is 318 g/mol. The van der Waals surface area contributed by atoms with Crippen LogP contribution in [0.15, 0.2) is 24.4 Å². The number of hydrogen-bond acceptors (Lipinski definition) is 6. The van der Waals surface area contributed by atoms with E-state index in [1.807, 2.05) is 0 Å². The molecule has 6 nitrogen and oxygen atoms in total. The molecular formula is C16H19FN4O2. The van der Waals surface area contributed by atoms with Crippen molar-refractivity contribution >= 4 is 5.95 Å². The number of methoxy groups -OCH3 is 1. The van der Waals surface area contributed by atoms with Gasteiger partial charge in [0.2, 0.25) is 5.95 Å². The molecule has 0 bridgehead atoms. The molecule has 1 aromatic heterocycles. The second-order valence-corrected chi connectivity index (χ2v) is 5.38. The molecule has 1 N–H and O–H groups in total. The molecule has 1 aliphatic rings. The van der Waals surface area contributed by atoms with E-state index in [9.17, 15) is 4.39 Å². The number of benzene rings is 1. The van der Waals surface area contributed by atoms with Crippen LogP contribution in [0.4, 0.5) is 10.3 Å². The van der Waals surface area contributed by atoms with Gasteiger partial charge in [-0.2, -0.15) is 5.10 Å². The number of hydrogen-bond donors (Lipinski definition) is 1. The molecule has 0 aliphatic carbocycles. The van der Waals surface area contributed by atoms with Gasteiger partial charge >= 0.3 is 0 Å². The van der Waals surface area contributed by atoms with Crippen LogP contribution in [0.3, 0.4) is 0 Å². The van der Waals surface area contributed by atoms with Crippen molar-refractivity contribution in [2.75, 3.05) is 25.6 Å². The molecule has 1 saturated heterocycles. The molecule has 0 spiro atoms. The van der Waals surface area contributed by atoms with E-state index in [2.05, 4.69) is 20.5 Å². The lowest BCUT2D eigenvalue weighted by Crippen LogP contribution is -2.27. The van der Waals surface area contributed by atoms with Gasteiger partial charge in [-0.1, -0.05) is 0 Å². The third-order valence-corrected chi connectivity index (χ3v) is 3.77. The average molecular weight is 318 g/mol. The van der Waals surface area contributed by atoms with Gasteiger partial charge in [-0.15, -0.1) is 5.10 Å². The Morgan fingerprint density at radius 3 is 3.04 bits per heavy atom.